The average Bonchev–Trinajstić information content (AvgIpc) is 3.24. The number of fused-ring (bicyclic) bond motifs is 3. The Morgan fingerprint density at radius 1 is 1.03 bits per heavy atom. The lowest BCUT2D eigenvalue weighted by Crippen LogP contribution is -2.28. The zero-order chi connectivity index (χ0) is 27.4. The van der Waals surface area contributed by atoms with E-state index in [0.29, 0.717) is 39.8 Å². The molecule has 0 aliphatic rings. The lowest BCUT2D eigenvalue weighted by atomic mass is 10.1. The summed E-state index contributed by atoms with van der Waals surface area (Å²) in [7, 11) is 1.57. The minimum atomic E-state index is -0.727. The van der Waals surface area contributed by atoms with Crippen LogP contribution in [0.15, 0.2) is 54.6 Å². The lowest BCUT2D eigenvalue weighted by Gasteiger charge is -2.20. The van der Waals surface area contributed by atoms with Gasteiger partial charge in [0.15, 0.2) is 0 Å². The number of aromatic nitrogens is 2. The minimum Gasteiger partial charge on any atom is -0.497 e. The third kappa shape index (κ3) is 5.60. The number of benzene rings is 2. The van der Waals surface area contributed by atoms with Crippen molar-refractivity contribution in [2.24, 2.45) is 0 Å². The van der Waals surface area contributed by atoms with Crippen molar-refractivity contribution in [2.75, 3.05) is 13.7 Å². The molecule has 10 nitrogen and oxygen atoms in total. The largest absolute Gasteiger partial charge is 0.497 e. The van der Waals surface area contributed by atoms with Crippen LogP contribution in [0.25, 0.3) is 33.1 Å². The molecular weight excluding hydrogens is 488 g/mol. The summed E-state index contributed by atoms with van der Waals surface area (Å²) in [6.07, 6.45) is -0.160. The molecule has 198 valence electrons. The third-order valence-electron chi connectivity index (χ3n) is 5.81. The number of hydroxylamine groups is 1. The first-order valence-electron chi connectivity index (χ1n) is 12.2. The average molecular weight is 519 g/mol. The van der Waals surface area contributed by atoms with E-state index in [1.165, 1.54) is 4.57 Å². The number of hydrogen-bond acceptors (Lipinski definition) is 7. The maximum absolute atomic E-state index is 13.5. The molecule has 38 heavy (non-hydrogen) atoms. The van der Waals surface area contributed by atoms with Gasteiger partial charge in [-0.25, -0.2) is 19.8 Å². The van der Waals surface area contributed by atoms with Crippen molar-refractivity contribution in [3.05, 3.63) is 60.3 Å². The predicted octanol–water partition coefficient (Wildman–Crippen LogP) is 4.66. The molecule has 2 aromatic carbocycles. The number of amides is 2. The van der Waals surface area contributed by atoms with Crippen LogP contribution in [0, 0.1) is 0 Å². The van der Waals surface area contributed by atoms with Gasteiger partial charge >= 0.3 is 6.09 Å². The molecule has 0 fully saturated rings. The van der Waals surface area contributed by atoms with E-state index in [9.17, 15) is 14.4 Å². The smallest absolute Gasteiger partial charge is 0.419 e. The molecule has 10 heteroatoms. The standard InChI is InChI=1S/C28H30N4O6/c1-28(2,3)38-27(35)32-22-9-6-5-8-19(22)20-16-21(26(34)29-15-7-10-23(33)31-36)30-24(25(20)32)17-11-13-18(37-4)14-12-17/h5-6,8-9,11-14,16,36H,7,10,15H2,1-4H3,(H,29,34)(H,31,33). The van der Waals surface area contributed by atoms with E-state index in [4.69, 9.17) is 19.7 Å². The maximum Gasteiger partial charge on any atom is 0.419 e. The second kappa shape index (κ2) is 10.9. The molecule has 0 saturated heterocycles. The Labute approximate surface area is 219 Å². The van der Waals surface area contributed by atoms with Crippen molar-refractivity contribution in [1.29, 1.82) is 0 Å². The van der Waals surface area contributed by atoms with Crippen molar-refractivity contribution in [2.45, 2.75) is 39.2 Å². The van der Waals surface area contributed by atoms with Gasteiger partial charge in [0.1, 0.15) is 17.0 Å². The molecule has 0 atom stereocenters. The van der Waals surface area contributed by atoms with Gasteiger partial charge in [-0.05, 0) is 63.6 Å². The van der Waals surface area contributed by atoms with E-state index in [0.717, 1.165) is 5.39 Å². The van der Waals surface area contributed by atoms with Crippen LogP contribution in [0.5, 0.6) is 5.75 Å². The van der Waals surface area contributed by atoms with Crippen LogP contribution < -0.4 is 15.5 Å². The van der Waals surface area contributed by atoms with Gasteiger partial charge in [-0.15, -0.1) is 0 Å². The summed E-state index contributed by atoms with van der Waals surface area (Å²) in [6.45, 7) is 5.61. The van der Waals surface area contributed by atoms with Crippen molar-refractivity contribution in [3.8, 4) is 17.0 Å². The van der Waals surface area contributed by atoms with Gasteiger partial charge in [-0.3, -0.25) is 14.8 Å². The molecule has 0 saturated carbocycles. The van der Waals surface area contributed by atoms with Crippen LogP contribution in [-0.2, 0) is 9.53 Å². The summed E-state index contributed by atoms with van der Waals surface area (Å²) in [5.74, 6) is -0.311. The molecule has 2 amide bonds. The monoisotopic (exact) mass is 518 g/mol. The molecule has 0 bridgehead atoms. The van der Waals surface area contributed by atoms with E-state index < -0.39 is 23.5 Å². The highest BCUT2D eigenvalue weighted by Gasteiger charge is 2.26. The Hall–Kier alpha value is -4.44. The first-order valence-corrected chi connectivity index (χ1v) is 12.2. The fourth-order valence-electron chi connectivity index (χ4n) is 4.15. The Bertz CT molecular complexity index is 1500. The van der Waals surface area contributed by atoms with Crippen LogP contribution in [0.4, 0.5) is 4.79 Å². The zero-order valence-electron chi connectivity index (χ0n) is 21.7. The normalized spacial score (nSPS) is 11.4. The van der Waals surface area contributed by atoms with Gasteiger partial charge < -0.3 is 14.8 Å². The molecule has 4 rings (SSSR count). The zero-order valence-corrected chi connectivity index (χ0v) is 21.7. The number of nitrogens with zero attached hydrogens (tertiary/aromatic N) is 2. The van der Waals surface area contributed by atoms with Crippen LogP contribution in [0.3, 0.4) is 0 Å². The van der Waals surface area contributed by atoms with E-state index >= 15 is 0 Å². The third-order valence-corrected chi connectivity index (χ3v) is 5.81. The Kier molecular flexibility index (Phi) is 7.63. The molecule has 2 heterocycles. The van der Waals surface area contributed by atoms with E-state index in [1.54, 1.807) is 51.6 Å². The van der Waals surface area contributed by atoms with Gasteiger partial charge in [0.25, 0.3) is 5.91 Å². The van der Waals surface area contributed by atoms with Crippen LogP contribution in [-0.4, -0.2) is 51.9 Å². The van der Waals surface area contributed by atoms with E-state index in [2.05, 4.69) is 5.32 Å². The number of carbonyl (C=O) groups is 3. The Balaban J connectivity index is 1.89. The summed E-state index contributed by atoms with van der Waals surface area (Å²) in [4.78, 5) is 42.5. The number of ether oxygens (including phenoxy) is 2. The molecule has 3 N–H and O–H groups in total. The first-order chi connectivity index (χ1) is 18.1. The number of nitrogens with one attached hydrogen (secondary N) is 2. The molecule has 4 aromatic rings. The molecule has 0 spiro atoms. The van der Waals surface area contributed by atoms with E-state index in [-0.39, 0.29) is 18.7 Å². The SMILES string of the molecule is COc1ccc(-c2nc(C(=O)NCCCC(=O)NO)cc3c4ccccc4n(C(=O)OC(C)(C)C)c23)cc1. The van der Waals surface area contributed by atoms with Crippen LogP contribution in [0.1, 0.15) is 44.1 Å². The summed E-state index contributed by atoms with van der Waals surface area (Å²) in [5, 5.41) is 12.8. The van der Waals surface area contributed by atoms with Crippen LogP contribution in [0.2, 0.25) is 0 Å². The number of carbonyl (C=O) groups excluding carboxylic acids is 3. The molecular formula is C28H30N4O6. The van der Waals surface area contributed by atoms with Crippen LogP contribution >= 0.6 is 0 Å². The van der Waals surface area contributed by atoms with Gasteiger partial charge in [-0.2, -0.15) is 0 Å². The number of hydrogen-bond donors (Lipinski definition) is 3. The number of para-hydroxylation sites is 1. The predicted molar refractivity (Wildman–Crippen MR) is 142 cm³/mol. The summed E-state index contributed by atoms with van der Waals surface area (Å²) < 4.78 is 12.5. The molecule has 0 unspecified atom stereocenters. The van der Waals surface area contributed by atoms with Gasteiger partial charge in [0, 0.05) is 29.3 Å². The highest BCUT2D eigenvalue weighted by molar-refractivity contribution is 6.17. The summed E-state index contributed by atoms with van der Waals surface area (Å²) in [5.41, 5.74) is 3.24. The number of methoxy groups -OCH3 is 1. The highest BCUT2D eigenvalue weighted by Crippen LogP contribution is 2.36. The minimum absolute atomic E-state index is 0.0592. The Morgan fingerprint density at radius 2 is 1.74 bits per heavy atom. The topological polar surface area (TPSA) is 132 Å². The van der Waals surface area contributed by atoms with Crippen molar-refractivity contribution in [1.82, 2.24) is 20.3 Å². The van der Waals surface area contributed by atoms with Gasteiger partial charge in [0.2, 0.25) is 5.91 Å². The van der Waals surface area contributed by atoms with E-state index in [1.807, 2.05) is 36.4 Å². The lowest BCUT2D eigenvalue weighted by molar-refractivity contribution is -0.129. The van der Waals surface area contributed by atoms with Gasteiger partial charge in [0.05, 0.1) is 23.8 Å². The number of pyridine rings is 1. The molecule has 0 radical (unpaired) electrons. The van der Waals surface area contributed by atoms with Gasteiger partial charge in [-0.1, -0.05) is 18.2 Å². The first kappa shape index (κ1) is 26.6. The van der Waals surface area contributed by atoms with Crippen molar-refractivity contribution >= 4 is 39.7 Å². The van der Waals surface area contributed by atoms with Crippen molar-refractivity contribution < 1.29 is 29.1 Å². The second-order valence-electron chi connectivity index (χ2n) is 9.71. The number of rotatable bonds is 7. The van der Waals surface area contributed by atoms with Crippen molar-refractivity contribution in [3.63, 3.8) is 0 Å². The second-order valence-corrected chi connectivity index (χ2v) is 9.71. The quantitative estimate of drug-likeness (QED) is 0.184. The fourth-order valence-corrected chi connectivity index (χ4v) is 4.15. The summed E-state index contributed by atoms with van der Waals surface area (Å²) in [6, 6.07) is 16.2. The fraction of sp³-hybridized carbons (Fsp3) is 0.286. The highest BCUT2D eigenvalue weighted by atomic mass is 16.6. The molecule has 0 aliphatic heterocycles. The molecule has 2 aromatic heterocycles. The molecule has 0 aliphatic carbocycles. The maximum atomic E-state index is 13.5. The Morgan fingerprint density at radius 3 is 2.39 bits per heavy atom. The summed E-state index contributed by atoms with van der Waals surface area (Å²) >= 11 is 0.